The molecule has 28 heavy (non-hydrogen) atoms. The summed E-state index contributed by atoms with van der Waals surface area (Å²) in [5.74, 6) is -1.18. The van der Waals surface area contributed by atoms with E-state index in [1.54, 1.807) is 31.2 Å². The lowest BCUT2D eigenvalue weighted by Gasteiger charge is -2.15. The third-order valence-corrected chi connectivity index (χ3v) is 4.46. The zero-order chi connectivity index (χ0) is 20.8. The molecule has 0 aliphatic rings. The fraction of sp³-hybridized carbons (Fsp3) is 0.286. The highest BCUT2D eigenvalue weighted by molar-refractivity contribution is 6.30. The molecule has 7 heteroatoms. The fourth-order valence-electron chi connectivity index (χ4n) is 2.83. The number of carbonyl (C=O) groups is 3. The number of hydrogen-bond donors (Lipinski definition) is 3. The van der Waals surface area contributed by atoms with Gasteiger partial charge in [-0.15, -0.1) is 0 Å². The number of anilines is 1. The van der Waals surface area contributed by atoms with Crippen molar-refractivity contribution in [2.45, 2.75) is 33.7 Å². The maximum Gasteiger partial charge on any atom is 0.251 e. The minimum atomic E-state index is -0.793. The number of nitrogens with one attached hydrogen (secondary N) is 3. The largest absolute Gasteiger partial charge is 0.345 e. The molecular weight excluding hydrogens is 378 g/mol. The van der Waals surface area contributed by atoms with Crippen LogP contribution in [0.2, 0.25) is 5.02 Å². The Morgan fingerprint density at radius 1 is 1.00 bits per heavy atom. The molecule has 148 valence electrons. The molecule has 1 atom stereocenters. The lowest BCUT2D eigenvalue weighted by atomic mass is 10.1. The first kappa shape index (κ1) is 21.4. The summed E-state index contributed by atoms with van der Waals surface area (Å²) in [5, 5.41) is 8.46. The van der Waals surface area contributed by atoms with Crippen LogP contribution in [0, 0.1) is 20.8 Å². The summed E-state index contributed by atoms with van der Waals surface area (Å²) in [6.07, 6.45) is 0. The molecule has 0 aliphatic heterocycles. The first-order valence-electron chi connectivity index (χ1n) is 8.89. The smallest absolute Gasteiger partial charge is 0.251 e. The van der Waals surface area contributed by atoms with Gasteiger partial charge in [0.2, 0.25) is 11.8 Å². The third-order valence-electron chi connectivity index (χ3n) is 4.21. The predicted octanol–water partition coefficient (Wildman–Crippen LogP) is 3.14. The molecule has 0 bridgehead atoms. The van der Waals surface area contributed by atoms with Crippen LogP contribution >= 0.6 is 11.6 Å². The number of hydrogen-bond acceptors (Lipinski definition) is 3. The summed E-state index contributed by atoms with van der Waals surface area (Å²) < 4.78 is 0. The van der Waals surface area contributed by atoms with E-state index >= 15 is 0 Å². The molecule has 0 radical (unpaired) electrons. The van der Waals surface area contributed by atoms with Crippen LogP contribution in [0.25, 0.3) is 0 Å². The average molecular weight is 402 g/mol. The number of rotatable bonds is 6. The quantitative estimate of drug-likeness (QED) is 0.694. The van der Waals surface area contributed by atoms with E-state index < -0.39 is 17.9 Å². The van der Waals surface area contributed by atoms with Gasteiger partial charge >= 0.3 is 0 Å². The van der Waals surface area contributed by atoms with E-state index in [2.05, 4.69) is 16.0 Å². The molecular formula is C21H24ClN3O3. The molecule has 6 nitrogen and oxygen atoms in total. The molecule has 0 saturated carbocycles. The Bertz CT molecular complexity index is 871. The molecule has 0 heterocycles. The maximum atomic E-state index is 12.2. The van der Waals surface area contributed by atoms with Gasteiger partial charge in [0, 0.05) is 16.3 Å². The van der Waals surface area contributed by atoms with Crippen molar-refractivity contribution >= 4 is 35.0 Å². The SMILES string of the molecule is Cc1cc(C)c(NC(=O)CNC(=O)C(C)NC(=O)c2ccc(Cl)cc2)c(C)c1. The molecule has 2 aromatic rings. The third kappa shape index (κ3) is 5.82. The molecule has 1 unspecified atom stereocenters. The second-order valence-corrected chi connectivity index (χ2v) is 7.18. The molecule has 0 aromatic heterocycles. The molecule has 2 rings (SSSR count). The van der Waals surface area contributed by atoms with Gasteiger partial charge in [-0.05, 0) is 63.1 Å². The van der Waals surface area contributed by atoms with Crippen molar-refractivity contribution in [2.75, 3.05) is 11.9 Å². The maximum absolute atomic E-state index is 12.2. The van der Waals surface area contributed by atoms with E-state index in [-0.39, 0.29) is 12.5 Å². The van der Waals surface area contributed by atoms with E-state index in [1.807, 2.05) is 32.9 Å². The van der Waals surface area contributed by atoms with Gasteiger partial charge in [-0.1, -0.05) is 29.3 Å². The van der Waals surface area contributed by atoms with Crippen molar-refractivity contribution < 1.29 is 14.4 Å². The van der Waals surface area contributed by atoms with Gasteiger partial charge in [0.05, 0.1) is 6.54 Å². The van der Waals surface area contributed by atoms with E-state index in [9.17, 15) is 14.4 Å². The summed E-state index contributed by atoms with van der Waals surface area (Å²) >= 11 is 5.79. The molecule has 2 aromatic carbocycles. The molecule has 3 N–H and O–H groups in total. The van der Waals surface area contributed by atoms with Crippen molar-refractivity contribution in [1.82, 2.24) is 10.6 Å². The normalized spacial score (nSPS) is 11.5. The Morgan fingerprint density at radius 3 is 2.14 bits per heavy atom. The fourth-order valence-corrected chi connectivity index (χ4v) is 2.95. The standard InChI is InChI=1S/C21H24ClN3O3/c1-12-9-13(2)19(14(3)10-12)25-18(26)11-23-20(27)15(4)24-21(28)16-5-7-17(22)8-6-16/h5-10,15H,11H2,1-4H3,(H,23,27)(H,24,28)(H,25,26). The number of aryl methyl sites for hydroxylation is 3. The Morgan fingerprint density at radius 2 is 1.57 bits per heavy atom. The van der Waals surface area contributed by atoms with E-state index in [1.165, 1.54) is 0 Å². The van der Waals surface area contributed by atoms with Crippen molar-refractivity contribution in [3.05, 3.63) is 63.7 Å². The molecule has 0 fully saturated rings. The van der Waals surface area contributed by atoms with Gasteiger partial charge in [0.1, 0.15) is 6.04 Å². The van der Waals surface area contributed by atoms with Crippen LogP contribution in [-0.4, -0.2) is 30.3 Å². The predicted molar refractivity (Wildman–Crippen MR) is 111 cm³/mol. The zero-order valence-corrected chi connectivity index (χ0v) is 17.1. The highest BCUT2D eigenvalue weighted by atomic mass is 35.5. The van der Waals surface area contributed by atoms with Gasteiger partial charge in [-0.2, -0.15) is 0 Å². The summed E-state index contributed by atoms with van der Waals surface area (Å²) in [7, 11) is 0. The van der Waals surface area contributed by atoms with E-state index in [4.69, 9.17) is 11.6 Å². The van der Waals surface area contributed by atoms with Crippen LogP contribution < -0.4 is 16.0 Å². The number of amides is 3. The summed E-state index contributed by atoms with van der Waals surface area (Å²) in [5.41, 5.74) is 4.18. The molecule has 0 aliphatic carbocycles. The van der Waals surface area contributed by atoms with E-state index in [0.29, 0.717) is 10.6 Å². The van der Waals surface area contributed by atoms with Crippen molar-refractivity contribution in [3.63, 3.8) is 0 Å². The van der Waals surface area contributed by atoms with Crippen LogP contribution in [0.1, 0.15) is 34.0 Å². The van der Waals surface area contributed by atoms with Gasteiger partial charge in [-0.25, -0.2) is 0 Å². The summed E-state index contributed by atoms with van der Waals surface area (Å²) in [6.45, 7) is 7.19. The summed E-state index contributed by atoms with van der Waals surface area (Å²) in [6, 6.07) is 9.51. The average Bonchev–Trinajstić information content (AvgIpc) is 2.63. The zero-order valence-electron chi connectivity index (χ0n) is 16.4. The Hall–Kier alpha value is -2.86. The highest BCUT2D eigenvalue weighted by Crippen LogP contribution is 2.21. The van der Waals surface area contributed by atoms with Gasteiger partial charge in [0.15, 0.2) is 0 Å². The van der Waals surface area contributed by atoms with Gasteiger partial charge < -0.3 is 16.0 Å². The van der Waals surface area contributed by atoms with Crippen molar-refractivity contribution in [1.29, 1.82) is 0 Å². The highest BCUT2D eigenvalue weighted by Gasteiger charge is 2.17. The second kappa shape index (κ2) is 9.37. The minimum Gasteiger partial charge on any atom is -0.345 e. The first-order chi connectivity index (χ1) is 13.2. The van der Waals surface area contributed by atoms with Crippen molar-refractivity contribution in [3.8, 4) is 0 Å². The molecule has 3 amide bonds. The van der Waals surface area contributed by atoms with Crippen LogP contribution in [0.4, 0.5) is 5.69 Å². The van der Waals surface area contributed by atoms with E-state index in [0.717, 1.165) is 22.4 Å². The van der Waals surface area contributed by atoms with Gasteiger partial charge in [-0.3, -0.25) is 14.4 Å². The molecule has 0 saturated heterocycles. The van der Waals surface area contributed by atoms with Crippen LogP contribution in [-0.2, 0) is 9.59 Å². The lowest BCUT2D eigenvalue weighted by molar-refractivity contribution is -0.125. The number of benzene rings is 2. The monoisotopic (exact) mass is 401 g/mol. The summed E-state index contributed by atoms with van der Waals surface area (Å²) in [4.78, 5) is 36.5. The Labute approximate surface area is 169 Å². The Kier molecular flexibility index (Phi) is 7.18. The molecule has 0 spiro atoms. The lowest BCUT2D eigenvalue weighted by Crippen LogP contribution is -2.46. The van der Waals surface area contributed by atoms with Gasteiger partial charge in [0.25, 0.3) is 5.91 Å². The topological polar surface area (TPSA) is 87.3 Å². The van der Waals surface area contributed by atoms with Crippen molar-refractivity contribution in [2.24, 2.45) is 0 Å². The number of carbonyl (C=O) groups excluding carboxylic acids is 3. The van der Waals surface area contributed by atoms with Crippen LogP contribution in [0.5, 0.6) is 0 Å². The first-order valence-corrected chi connectivity index (χ1v) is 9.27. The minimum absolute atomic E-state index is 0.188. The van der Waals surface area contributed by atoms with Crippen LogP contribution in [0.15, 0.2) is 36.4 Å². The Balaban J connectivity index is 1.86. The second-order valence-electron chi connectivity index (χ2n) is 6.74. The number of halogens is 1. The van der Waals surface area contributed by atoms with Crippen LogP contribution in [0.3, 0.4) is 0 Å².